The molecule has 0 atom stereocenters. The maximum Gasteiger partial charge on any atom is 0.337 e. The van der Waals surface area contributed by atoms with Crippen molar-refractivity contribution in [1.29, 1.82) is 0 Å². The Morgan fingerprint density at radius 3 is 2.47 bits per heavy atom. The molecule has 0 aliphatic carbocycles. The van der Waals surface area contributed by atoms with Crippen molar-refractivity contribution in [3.8, 4) is 0 Å². The van der Waals surface area contributed by atoms with Gasteiger partial charge in [-0.05, 0) is 43.0 Å². The summed E-state index contributed by atoms with van der Waals surface area (Å²) in [6.07, 6.45) is 5.34. The van der Waals surface area contributed by atoms with Crippen molar-refractivity contribution in [2.24, 2.45) is 0 Å². The molecule has 1 fully saturated rings. The van der Waals surface area contributed by atoms with Gasteiger partial charge in [0, 0.05) is 19.6 Å². The molecule has 0 N–H and O–H groups in total. The molecule has 6 nitrogen and oxygen atoms in total. The van der Waals surface area contributed by atoms with Crippen LogP contribution in [-0.4, -0.2) is 35.7 Å². The van der Waals surface area contributed by atoms with Crippen LogP contribution in [0.4, 0.5) is 5.95 Å². The van der Waals surface area contributed by atoms with Crippen LogP contribution >= 0.6 is 0 Å². The smallest absolute Gasteiger partial charge is 0.337 e. The summed E-state index contributed by atoms with van der Waals surface area (Å²) in [4.78, 5) is 32.5. The Kier molecular flexibility index (Phi) is 6.12. The van der Waals surface area contributed by atoms with Crippen molar-refractivity contribution in [2.45, 2.75) is 38.6 Å². The normalized spacial score (nSPS) is 14.5. The Morgan fingerprint density at radius 1 is 1.03 bits per heavy atom. The third-order valence-corrected chi connectivity index (χ3v) is 5.71. The van der Waals surface area contributed by atoms with Crippen LogP contribution in [0.3, 0.4) is 0 Å². The number of methoxy groups -OCH3 is 1. The second-order valence-electron chi connectivity index (χ2n) is 7.73. The molecule has 3 aromatic rings. The van der Waals surface area contributed by atoms with Crippen molar-refractivity contribution >= 4 is 22.8 Å². The van der Waals surface area contributed by atoms with E-state index in [-0.39, 0.29) is 5.56 Å². The molecule has 1 aromatic heterocycles. The monoisotopic (exact) mass is 405 g/mol. The predicted octanol–water partition coefficient (Wildman–Crippen LogP) is 3.81. The highest BCUT2D eigenvalue weighted by Gasteiger charge is 2.19. The summed E-state index contributed by atoms with van der Waals surface area (Å²) in [6, 6.07) is 15.1. The summed E-state index contributed by atoms with van der Waals surface area (Å²) in [5, 5.41) is 0.522. The average molecular weight is 405 g/mol. The lowest BCUT2D eigenvalue weighted by molar-refractivity contribution is 0.0601. The molecule has 156 valence electrons. The van der Waals surface area contributed by atoms with Crippen LogP contribution < -0.4 is 10.5 Å². The van der Waals surface area contributed by atoms with Gasteiger partial charge in [-0.2, -0.15) is 0 Å². The zero-order chi connectivity index (χ0) is 20.9. The fourth-order valence-electron chi connectivity index (χ4n) is 4.05. The van der Waals surface area contributed by atoms with Crippen LogP contribution in [-0.2, 0) is 17.7 Å². The fourth-order valence-corrected chi connectivity index (χ4v) is 4.05. The average Bonchev–Trinajstić information content (AvgIpc) is 3.07. The van der Waals surface area contributed by atoms with Gasteiger partial charge in [-0.3, -0.25) is 9.36 Å². The van der Waals surface area contributed by atoms with Gasteiger partial charge in [0.2, 0.25) is 5.95 Å². The first kappa shape index (κ1) is 20.1. The van der Waals surface area contributed by atoms with E-state index in [0.29, 0.717) is 29.0 Å². The Bertz CT molecular complexity index is 1080. The largest absolute Gasteiger partial charge is 0.465 e. The van der Waals surface area contributed by atoms with Gasteiger partial charge in [-0.25, -0.2) is 9.78 Å². The van der Waals surface area contributed by atoms with Crippen LogP contribution in [0.1, 0.15) is 41.6 Å². The van der Waals surface area contributed by atoms with E-state index >= 15 is 0 Å². The number of anilines is 1. The van der Waals surface area contributed by atoms with Crippen LogP contribution in [0.2, 0.25) is 0 Å². The number of benzene rings is 2. The highest BCUT2D eigenvalue weighted by atomic mass is 16.5. The van der Waals surface area contributed by atoms with Gasteiger partial charge in [0.05, 0.1) is 23.6 Å². The lowest BCUT2D eigenvalue weighted by Gasteiger charge is -2.25. The molecule has 0 amide bonds. The Labute approximate surface area is 176 Å². The summed E-state index contributed by atoms with van der Waals surface area (Å²) in [7, 11) is 1.35. The zero-order valence-corrected chi connectivity index (χ0v) is 17.3. The molecule has 1 aliphatic rings. The van der Waals surface area contributed by atoms with Gasteiger partial charge in [-0.1, -0.05) is 43.2 Å². The Morgan fingerprint density at radius 2 is 1.77 bits per heavy atom. The molecule has 0 saturated carbocycles. The third kappa shape index (κ3) is 4.22. The standard InChI is InChI=1S/C24H27N3O3/c1-30-23(29)19-11-12-20-21(17-19)25-24(26-14-7-2-3-8-15-26)27(22(20)28)16-13-18-9-5-4-6-10-18/h4-6,9-12,17H,2-3,7-8,13-16H2,1H3. The quantitative estimate of drug-likeness (QED) is 0.604. The number of hydrogen-bond donors (Lipinski definition) is 0. The highest BCUT2D eigenvalue weighted by molar-refractivity contribution is 5.94. The van der Waals surface area contributed by atoms with E-state index in [9.17, 15) is 9.59 Å². The number of ether oxygens (including phenoxy) is 1. The van der Waals surface area contributed by atoms with Crippen LogP contribution in [0.25, 0.3) is 10.9 Å². The highest BCUT2D eigenvalue weighted by Crippen LogP contribution is 2.21. The lowest BCUT2D eigenvalue weighted by Crippen LogP contribution is -2.34. The molecule has 1 saturated heterocycles. The third-order valence-electron chi connectivity index (χ3n) is 5.71. The minimum Gasteiger partial charge on any atom is -0.465 e. The number of esters is 1. The van der Waals surface area contributed by atoms with Gasteiger partial charge in [0.15, 0.2) is 0 Å². The minimum absolute atomic E-state index is 0.0633. The predicted molar refractivity (Wildman–Crippen MR) is 118 cm³/mol. The SMILES string of the molecule is COC(=O)c1ccc2c(=O)n(CCc3ccccc3)c(N3CCCCCC3)nc2c1. The summed E-state index contributed by atoms with van der Waals surface area (Å²) < 4.78 is 6.63. The summed E-state index contributed by atoms with van der Waals surface area (Å²) in [5.41, 5.74) is 2.07. The Balaban J connectivity index is 1.79. The number of aromatic nitrogens is 2. The van der Waals surface area contributed by atoms with Crippen LogP contribution in [0.5, 0.6) is 0 Å². The maximum atomic E-state index is 13.4. The topological polar surface area (TPSA) is 64.4 Å². The van der Waals surface area contributed by atoms with Gasteiger partial charge in [0.25, 0.3) is 5.56 Å². The number of carbonyl (C=O) groups is 1. The number of hydrogen-bond acceptors (Lipinski definition) is 5. The van der Waals surface area contributed by atoms with E-state index in [0.717, 1.165) is 32.4 Å². The number of fused-ring (bicyclic) bond motifs is 1. The van der Waals surface area contributed by atoms with Crippen molar-refractivity contribution in [3.05, 3.63) is 70.0 Å². The van der Waals surface area contributed by atoms with Gasteiger partial charge < -0.3 is 9.64 Å². The first-order valence-corrected chi connectivity index (χ1v) is 10.6. The summed E-state index contributed by atoms with van der Waals surface area (Å²) in [6.45, 7) is 2.34. The molecule has 30 heavy (non-hydrogen) atoms. The van der Waals surface area contributed by atoms with E-state index in [2.05, 4.69) is 17.0 Å². The molecule has 2 heterocycles. The number of nitrogens with zero attached hydrogens (tertiary/aromatic N) is 3. The molecule has 6 heteroatoms. The molecule has 2 aromatic carbocycles. The first-order valence-electron chi connectivity index (χ1n) is 10.6. The molecular formula is C24H27N3O3. The van der Waals surface area contributed by atoms with Crippen LogP contribution in [0, 0.1) is 0 Å². The first-order chi connectivity index (χ1) is 14.7. The van der Waals surface area contributed by atoms with Crippen molar-refractivity contribution < 1.29 is 9.53 Å². The van der Waals surface area contributed by atoms with Crippen molar-refractivity contribution in [1.82, 2.24) is 9.55 Å². The van der Waals surface area contributed by atoms with E-state index in [1.165, 1.54) is 25.5 Å². The number of carbonyl (C=O) groups excluding carboxylic acids is 1. The lowest BCUT2D eigenvalue weighted by atomic mass is 10.1. The molecule has 0 bridgehead atoms. The molecule has 0 unspecified atom stereocenters. The van der Waals surface area contributed by atoms with Gasteiger partial charge in [-0.15, -0.1) is 0 Å². The van der Waals surface area contributed by atoms with Crippen molar-refractivity contribution in [2.75, 3.05) is 25.1 Å². The van der Waals surface area contributed by atoms with E-state index < -0.39 is 5.97 Å². The molecular weight excluding hydrogens is 378 g/mol. The fraction of sp³-hybridized carbons (Fsp3) is 0.375. The minimum atomic E-state index is -0.428. The molecule has 1 aliphatic heterocycles. The number of rotatable bonds is 5. The number of aryl methyl sites for hydroxylation is 1. The van der Waals surface area contributed by atoms with Crippen molar-refractivity contribution in [3.63, 3.8) is 0 Å². The van der Waals surface area contributed by atoms with E-state index in [1.54, 1.807) is 22.8 Å². The molecule has 0 radical (unpaired) electrons. The summed E-state index contributed by atoms with van der Waals surface area (Å²) in [5.74, 6) is 0.274. The zero-order valence-electron chi connectivity index (χ0n) is 17.3. The van der Waals surface area contributed by atoms with Gasteiger partial charge in [0.1, 0.15) is 0 Å². The summed E-state index contributed by atoms with van der Waals surface area (Å²) >= 11 is 0. The second-order valence-corrected chi connectivity index (χ2v) is 7.73. The Hall–Kier alpha value is -3.15. The maximum absolute atomic E-state index is 13.4. The van der Waals surface area contributed by atoms with E-state index in [4.69, 9.17) is 9.72 Å². The molecule has 4 rings (SSSR count). The molecule has 0 spiro atoms. The second kappa shape index (κ2) is 9.11. The van der Waals surface area contributed by atoms with Gasteiger partial charge >= 0.3 is 5.97 Å². The van der Waals surface area contributed by atoms with E-state index in [1.807, 2.05) is 18.2 Å². The van der Waals surface area contributed by atoms with Crippen LogP contribution in [0.15, 0.2) is 53.3 Å².